The van der Waals surface area contributed by atoms with Crippen LogP contribution < -0.4 is 25.3 Å². The maximum Gasteiger partial charge on any atom is 0.224 e. The van der Waals surface area contributed by atoms with Gasteiger partial charge in [0, 0.05) is 18.2 Å². The predicted molar refractivity (Wildman–Crippen MR) is 113 cm³/mol. The lowest BCUT2D eigenvalue weighted by Crippen LogP contribution is -2.36. The second kappa shape index (κ2) is 11.4. The highest BCUT2D eigenvalue weighted by molar-refractivity contribution is 5.85. The molecule has 28 heavy (non-hydrogen) atoms. The molecule has 2 unspecified atom stereocenters. The highest BCUT2D eigenvalue weighted by Gasteiger charge is 2.22. The number of carbonyl (C=O) groups excluding carboxylic acids is 1. The van der Waals surface area contributed by atoms with Crippen molar-refractivity contribution in [3.8, 4) is 17.2 Å². The summed E-state index contributed by atoms with van der Waals surface area (Å²) in [6.07, 6.45) is 0.600. The Morgan fingerprint density at radius 1 is 1.00 bits per heavy atom. The molecule has 0 saturated heterocycles. The number of nitrogens with two attached hydrogens (primary N) is 1. The van der Waals surface area contributed by atoms with Gasteiger partial charge in [0.15, 0.2) is 11.5 Å². The first kappa shape index (κ1) is 23.6. The molecule has 0 saturated carbocycles. The van der Waals surface area contributed by atoms with Crippen LogP contribution in [0, 0.1) is 5.92 Å². The fourth-order valence-electron chi connectivity index (χ4n) is 2.97. The summed E-state index contributed by atoms with van der Waals surface area (Å²) in [5.74, 6) is 1.35. The van der Waals surface area contributed by atoms with E-state index in [1.807, 2.05) is 49.4 Å². The Bertz CT molecular complexity index is 756. The third-order valence-corrected chi connectivity index (χ3v) is 4.62. The summed E-state index contributed by atoms with van der Waals surface area (Å²) in [7, 11) is 4.73. The van der Waals surface area contributed by atoms with Crippen LogP contribution in [0.25, 0.3) is 0 Å². The first-order chi connectivity index (χ1) is 13.0. The topological polar surface area (TPSA) is 82.8 Å². The molecule has 0 aromatic heterocycles. The molecule has 154 valence electrons. The summed E-state index contributed by atoms with van der Waals surface area (Å²) >= 11 is 0. The monoisotopic (exact) mass is 408 g/mol. The van der Waals surface area contributed by atoms with Gasteiger partial charge in [-0.25, -0.2) is 0 Å². The van der Waals surface area contributed by atoms with Crippen molar-refractivity contribution < 1.29 is 19.0 Å². The first-order valence-electron chi connectivity index (χ1n) is 8.89. The minimum Gasteiger partial charge on any atom is -0.493 e. The van der Waals surface area contributed by atoms with E-state index in [4.69, 9.17) is 19.9 Å². The highest BCUT2D eigenvalue weighted by atomic mass is 35.5. The Morgan fingerprint density at radius 3 is 2.21 bits per heavy atom. The molecule has 2 atom stereocenters. The van der Waals surface area contributed by atoms with Gasteiger partial charge < -0.3 is 25.3 Å². The zero-order chi connectivity index (χ0) is 19.8. The Labute approximate surface area is 172 Å². The molecule has 2 rings (SSSR count). The van der Waals surface area contributed by atoms with Crippen LogP contribution in [0.1, 0.15) is 24.1 Å². The normalized spacial score (nSPS) is 12.3. The number of amides is 1. The number of hydrogen-bond acceptors (Lipinski definition) is 5. The standard InChI is InChI=1S/C21H28N2O4.ClH/c1-14(18(22)15-8-6-5-7-9-15)21(24)23-13-12-16-10-11-17(25-2)20(27-4)19(16)26-3;/h5-11,14,18H,12-13,22H2,1-4H3,(H,23,24);1H. The van der Waals surface area contributed by atoms with Gasteiger partial charge in [0.2, 0.25) is 11.7 Å². The number of hydrogen-bond donors (Lipinski definition) is 2. The molecule has 0 heterocycles. The van der Waals surface area contributed by atoms with E-state index in [2.05, 4.69) is 5.32 Å². The predicted octanol–water partition coefficient (Wildman–Crippen LogP) is 3.13. The highest BCUT2D eigenvalue weighted by Crippen LogP contribution is 2.39. The van der Waals surface area contributed by atoms with Crippen LogP contribution >= 0.6 is 12.4 Å². The van der Waals surface area contributed by atoms with Crippen molar-refractivity contribution in [1.82, 2.24) is 5.32 Å². The van der Waals surface area contributed by atoms with Crippen LogP contribution in [0.3, 0.4) is 0 Å². The van der Waals surface area contributed by atoms with E-state index in [-0.39, 0.29) is 30.3 Å². The lowest BCUT2D eigenvalue weighted by molar-refractivity contribution is -0.125. The zero-order valence-corrected chi connectivity index (χ0v) is 17.5. The van der Waals surface area contributed by atoms with Gasteiger partial charge in [-0.3, -0.25) is 4.79 Å². The molecule has 0 aliphatic heterocycles. The van der Waals surface area contributed by atoms with E-state index in [1.165, 1.54) is 0 Å². The average molecular weight is 409 g/mol. The van der Waals surface area contributed by atoms with Crippen LogP contribution in [0.4, 0.5) is 0 Å². The Hall–Kier alpha value is -2.44. The third-order valence-electron chi connectivity index (χ3n) is 4.62. The van der Waals surface area contributed by atoms with E-state index in [1.54, 1.807) is 21.3 Å². The lowest BCUT2D eigenvalue weighted by Gasteiger charge is -2.20. The van der Waals surface area contributed by atoms with Crippen molar-refractivity contribution in [1.29, 1.82) is 0 Å². The molecule has 3 N–H and O–H groups in total. The van der Waals surface area contributed by atoms with Gasteiger partial charge in [-0.15, -0.1) is 12.4 Å². The quantitative estimate of drug-likeness (QED) is 0.666. The minimum absolute atomic E-state index is 0. The van der Waals surface area contributed by atoms with Gasteiger partial charge in [0.25, 0.3) is 0 Å². The Kier molecular flexibility index (Phi) is 9.62. The number of halogens is 1. The summed E-state index contributed by atoms with van der Waals surface area (Å²) in [4.78, 5) is 12.5. The molecular weight excluding hydrogens is 380 g/mol. The van der Waals surface area contributed by atoms with Gasteiger partial charge in [-0.05, 0) is 18.1 Å². The van der Waals surface area contributed by atoms with Gasteiger partial charge in [-0.1, -0.05) is 43.3 Å². The largest absolute Gasteiger partial charge is 0.493 e. The van der Waals surface area contributed by atoms with Crippen LogP contribution in [-0.4, -0.2) is 33.8 Å². The second-order valence-electron chi connectivity index (χ2n) is 6.26. The summed E-state index contributed by atoms with van der Waals surface area (Å²) < 4.78 is 16.2. The van der Waals surface area contributed by atoms with Gasteiger partial charge in [-0.2, -0.15) is 0 Å². The molecule has 0 aliphatic rings. The van der Waals surface area contributed by atoms with Gasteiger partial charge in [0.05, 0.1) is 27.2 Å². The van der Waals surface area contributed by atoms with Crippen LogP contribution in [-0.2, 0) is 11.2 Å². The molecule has 2 aromatic rings. The number of benzene rings is 2. The van der Waals surface area contributed by atoms with Gasteiger partial charge >= 0.3 is 0 Å². The number of carbonyl (C=O) groups is 1. The minimum atomic E-state index is -0.346. The van der Waals surface area contributed by atoms with E-state index in [0.29, 0.717) is 30.2 Å². The molecule has 0 radical (unpaired) electrons. The zero-order valence-electron chi connectivity index (χ0n) is 16.7. The smallest absolute Gasteiger partial charge is 0.224 e. The van der Waals surface area contributed by atoms with Crippen molar-refractivity contribution in [3.63, 3.8) is 0 Å². The fraction of sp³-hybridized carbons (Fsp3) is 0.381. The summed E-state index contributed by atoms with van der Waals surface area (Å²) in [5.41, 5.74) is 8.10. The molecule has 2 aromatic carbocycles. The third kappa shape index (κ3) is 5.53. The number of nitrogens with one attached hydrogen (secondary N) is 1. The number of ether oxygens (including phenoxy) is 3. The maximum atomic E-state index is 12.5. The molecular formula is C21H29ClN2O4. The van der Waals surface area contributed by atoms with Crippen molar-refractivity contribution in [2.75, 3.05) is 27.9 Å². The van der Waals surface area contributed by atoms with Crippen molar-refractivity contribution >= 4 is 18.3 Å². The second-order valence-corrected chi connectivity index (χ2v) is 6.26. The summed E-state index contributed by atoms with van der Waals surface area (Å²) in [5, 5.41) is 2.95. The molecule has 0 aliphatic carbocycles. The Balaban J connectivity index is 0.00000392. The maximum absolute atomic E-state index is 12.5. The van der Waals surface area contributed by atoms with Crippen molar-refractivity contribution in [2.45, 2.75) is 19.4 Å². The molecule has 7 heteroatoms. The molecule has 0 fully saturated rings. The summed E-state index contributed by atoms with van der Waals surface area (Å²) in [6, 6.07) is 13.0. The van der Waals surface area contributed by atoms with E-state index < -0.39 is 0 Å². The number of rotatable bonds is 9. The molecule has 1 amide bonds. The summed E-state index contributed by atoms with van der Waals surface area (Å²) in [6.45, 7) is 2.31. The molecule has 0 spiro atoms. The fourth-order valence-corrected chi connectivity index (χ4v) is 2.97. The van der Waals surface area contributed by atoms with Crippen LogP contribution in [0.5, 0.6) is 17.2 Å². The Morgan fingerprint density at radius 2 is 1.64 bits per heavy atom. The average Bonchev–Trinajstić information content (AvgIpc) is 2.72. The molecule has 6 nitrogen and oxygen atoms in total. The molecule has 0 bridgehead atoms. The first-order valence-corrected chi connectivity index (χ1v) is 8.89. The number of methoxy groups -OCH3 is 3. The van der Waals surface area contributed by atoms with Crippen LogP contribution in [0.2, 0.25) is 0 Å². The van der Waals surface area contributed by atoms with Crippen LogP contribution in [0.15, 0.2) is 42.5 Å². The van der Waals surface area contributed by atoms with Crippen molar-refractivity contribution in [3.05, 3.63) is 53.6 Å². The SMILES string of the molecule is COc1ccc(CCNC(=O)C(C)C(N)c2ccccc2)c(OC)c1OC.Cl. The van der Waals surface area contributed by atoms with E-state index in [0.717, 1.165) is 11.1 Å². The van der Waals surface area contributed by atoms with E-state index >= 15 is 0 Å². The van der Waals surface area contributed by atoms with Gasteiger partial charge in [0.1, 0.15) is 0 Å². The lowest BCUT2D eigenvalue weighted by atomic mass is 9.94. The van der Waals surface area contributed by atoms with Crippen molar-refractivity contribution in [2.24, 2.45) is 11.7 Å². The van der Waals surface area contributed by atoms with E-state index in [9.17, 15) is 4.79 Å².